The van der Waals surface area contributed by atoms with Crippen molar-refractivity contribution in [3.05, 3.63) is 87.4 Å². The number of halogens is 2. The largest absolute Gasteiger partial charge is 0.507 e. The Morgan fingerprint density at radius 2 is 1.76 bits per heavy atom. The van der Waals surface area contributed by atoms with E-state index in [1.165, 1.54) is 24.1 Å². The summed E-state index contributed by atoms with van der Waals surface area (Å²) in [5.74, 6) is -1.38. The lowest BCUT2D eigenvalue weighted by atomic mass is 9.94. The maximum Gasteiger partial charge on any atom is 0.300 e. The molecule has 1 amide bonds. The maximum atomic E-state index is 13.5. The van der Waals surface area contributed by atoms with E-state index in [-0.39, 0.29) is 26.9 Å². The second kappa shape index (κ2) is 10.7. The Bertz CT molecular complexity index is 1390. The topological polar surface area (TPSA) is 79.3 Å². The number of aliphatic hydroxyl groups is 1. The van der Waals surface area contributed by atoms with Crippen LogP contribution in [0.5, 0.6) is 11.5 Å². The molecule has 1 saturated heterocycles. The van der Waals surface area contributed by atoms with Crippen molar-refractivity contribution in [2.45, 2.75) is 13.0 Å². The molecule has 0 aromatic heterocycles. The average Bonchev–Trinajstić information content (AvgIpc) is 3.14. The number of ether oxygens (including phenoxy) is 2. The molecule has 3 aromatic carbocycles. The lowest BCUT2D eigenvalue weighted by molar-refractivity contribution is -0.132. The zero-order valence-corrected chi connectivity index (χ0v) is 22.3. The molecule has 9 heteroatoms. The van der Waals surface area contributed by atoms with E-state index in [1.54, 1.807) is 36.4 Å². The second-order valence-electron chi connectivity index (χ2n) is 8.55. The van der Waals surface area contributed by atoms with Crippen molar-refractivity contribution < 1.29 is 24.2 Å². The van der Waals surface area contributed by atoms with Gasteiger partial charge in [-0.05, 0) is 61.0 Å². The smallest absolute Gasteiger partial charge is 0.300 e. The standard InChI is InChI=1S/C28H26Cl2N2O5/c1-5-37-20-8-6-7-16(13-20)24-23(25(33)21-14-17(29)15-22(30)27(21)36-4)26(34)28(35)32(24)19-11-9-18(10-12-19)31(2)3/h6-15,24,33H,5H2,1-4H3/b25-23+. The second-order valence-corrected chi connectivity index (χ2v) is 9.40. The van der Waals surface area contributed by atoms with E-state index >= 15 is 0 Å². The minimum Gasteiger partial charge on any atom is -0.507 e. The normalized spacial score (nSPS) is 16.7. The number of amides is 1. The van der Waals surface area contributed by atoms with Gasteiger partial charge in [-0.3, -0.25) is 14.5 Å². The van der Waals surface area contributed by atoms with Gasteiger partial charge in [-0.25, -0.2) is 0 Å². The molecule has 1 N–H and O–H groups in total. The van der Waals surface area contributed by atoms with Crippen LogP contribution in [0.25, 0.3) is 5.76 Å². The Hall–Kier alpha value is -3.68. The first-order valence-corrected chi connectivity index (χ1v) is 12.3. The molecular formula is C28H26Cl2N2O5. The van der Waals surface area contributed by atoms with Gasteiger partial charge in [-0.2, -0.15) is 0 Å². The first kappa shape index (κ1) is 26.4. The molecule has 1 unspecified atom stereocenters. The molecule has 37 heavy (non-hydrogen) atoms. The minimum absolute atomic E-state index is 0.104. The third kappa shape index (κ3) is 4.97. The Morgan fingerprint density at radius 3 is 2.38 bits per heavy atom. The third-order valence-corrected chi connectivity index (χ3v) is 6.54. The SMILES string of the molecule is CCOc1cccc(C2/C(=C(\O)c3cc(Cl)cc(Cl)c3OC)C(=O)C(=O)N2c2ccc(N(C)C)cc2)c1. The number of Topliss-reactive ketones (excluding diaryl/α,β-unsaturated/α-hetero) is 1. The number of anilines is 2. The first-order valence-electron chi connectivity index (χ1n) is 11.5. The molecule has 0 aliphatic carbocycles. The number of aliphatic hydroxyl groups excluding tert-OH is 1. The summed E-state index contributed by atoms with van der Waals surface area (Å²) in [5.41, 5.74) is 1.98. The van der Waals surface area contributed by atoms with Crippen LogP contribution in [0.1, 0.15) is 24.1 Å². The van der Waals surface area contributed by atoms with Crippen molar-refractivity contribution in [1.82, 2.24) is 0 Å². The van der Waals surface area contributed by atoms with Gasteiger partial charge in [0.1, 0.15) is 17.3 Å². The van der Waals surface area contributed by atoms with E-state index in [0.717, 1.165) is 5.69 Å². The quantitative estimate of drug-likeness (QED) is 0.222. The fourth-order valence-electron chi connectivity index (χ4n) is 4.36. The summed E-state index contributed by atoms with van der Waals surface area (Å²) >= 11 is 12.5. The molecule has 1 heterocycles. The number of benzene rings is 3. The molecule has 1 fully saturated rings. The van der Waals surface area contributed by atoms with Crippen molar-refractivity contribution in [3.8, 4) is 11.5 Å². The summed E-state index contributed by atoms with van der Waals surface area (Å²) in [6.07, 6.45) is 0. The van der Waals surface area contributed by atoms with Crippen LogP contribution in [0.15, 0.2) is 66.2 Å². The maximum absolute atomic E-state index is 13.5. The van der Waals surface area contributed by atoms with Crippen LogP contribution in [0, 0.1) is 0 Å². The Morgan fingerprint density at radius 1 is 1.05 bits per heavy atom. The van der Waals surface area contributed by atoms with Crippen LogP contribution in [-0.4, -0.2) is 44.6 Å². The Balaban J connectivity index is 1.98. The van der Waals surface area contributed by atoms with E-state index in [9.17, 15) is 14.7 Å². The van der Waals surface area contributed by atoms with Crippen LogP contribution in [0.2, 0.25) is 10.0 Å². The highest BCUT2D eigenvalue weighted by atomic mass is 35.5. The molecule has 7 nitrogen and oxygen atoms in total. The van der Waals surface area contributed by atoms with Crippen molar-refractivity contribution in [3.63, 3.8) is 0 Å². The number of carbonyl (C=O) groups excluding carboxylic acids is 2. The van der Waals surface area contributed by atoms with E-state index in [0.29, 0.717) is 23.6 Å². The number of carbonyl (C=O) groups is 2. The molecular weight excluding hydrogens is 515 g/mol. The van der Waals surface area contributed by atoms with E-state index in [1.807, 2.05) is 38.1 Å². The molecule has 1 atom stereocenters. The zero-order valence-electron chi connectivity index (χ0n) is 20.8. The summed E-state index contributed by atoms with van der Waals surface area (Å²) in [6.45, 7) is 2.30. The number of nitrogens with zero attached hydrogens (tertiary/aromatic N) is 2. The van der Waals surface area contributed by atoms with Gasteiger partial charge in [0.25, 0.3) is 11.7 Å². The fraction of sp³-hybridized carbons (Fsp3) is 0.214. The Labute approximate surface area is 225 Å². The van der Waals surface area contributed by atoms with Gasteiger partial charge in [0, 0.05) is 30.5 Å². The van der Waals surface area contributed by atoms with Crippen LogP contribution in [0.4, 0.5) is 11.4 Å². The summed E-state index contributed by atoms with van der Waals surface area (Å²) in [5, 5.41) is 11.9. The van der Waals surface area contributed by atoms with Crippen LogP contribution in [-0.2, 0) is 9.59 Å². The fourth-order valence-corrected chi connectivity index (χ4v) is 4.93. The van der Waals surface area contributed by atoms with E-state index in [4.69, 9.17) is 32.7 Å². The molecule has 192 valence electrons. The molecule has 3 aromatic rings. The summed E-state index contributed by atoms with van der Waals surface area (Å²) in [4.78, 5) is 30.2. The summed E-state index contributed by atoms with van der Waals surface area (Å²) in [6, 6.07) is 16.2. The van der Waals surface area contributed by atoms with E-state index in [2.05, 4.69) is 0 Å². The van der Waals surface area contributed by atoms with Gasteiger partial charge in [-0.1, -0.05) is 35.3 Å². The minimum atomic E-state index is -0.951. The van der Waals surface area contributed by atoms with Crippen molar-refractivity contribution >= 4 is 52.0 Å². The predicted molar refractivity (Wildman–Crippen MR) is 146 cm³/mol. The molecule has 0 spiro atoms. The molecule has 1 aliphatic heterocycles. The lowest BCUT2D eigenvalue weighted by Crippen LogP contribution is -2.29. The molecule has 0 radical (unpaired) electrons. The molecule has 4 rings (SSSR count). The third-order valence-electron chi connectivity index (χ3n) is 6.04. The van der Waals surface area contributed by atoms with Crippen LogP contribution in [0.3, 0.4) is 0 Å². The molecule has 0 saturated carbocycles. The van der Waals surface area contributed by atoms with Crippen molar-refractivity contribution in [1.29, 1.82) is 0 Å². The van der Waals surface area contributed by atoms with E-state index < -0.39 is 23.5 Å². The summed E-state index contributed by atoms with van der Waals surface area (Å²) in [7, 11) is 5.20. The number of methoxy groups -OCH3 is 1. The molecule has 0 bridgehead atoms. The zero-order chi connectivity index (χ0) is 26.9. The molecule has 1 aliphatic rings. The van der Waals surface area contributed by atoms with Crippen LogP contribution >= 0.6 is 23.2 Å². The van der Waals surface area contributed by atoms with Gasteiger partial charge in [0.2, 0.25) is 0 Å². The van der Waals surface area contributed by atoms with Gasteiger partial charge in [0.05, 0.1) is 35.9 Å². The van der Waals surface area contributed by atoms with Gasteiger partial charge in [-0.15, -0.1) is 0 Å². The Kier molecular flexibility index (Phi) is 7.66. The van der Waals surface area contributed by atoms with Crippen molar-refractivity contribution in [2.75, 3.05) is 37.6 Å². The van der Waals surface area contributed by atoms with Gasteiger partial charge >= 0.3 is 0 Å². The lowest BCUT2D eigenvalue weighted by Gasteiger charge is -2.26. The first-order chi connectivity index (χ1) is 17.7. The number of hydrogen-bond acceptors (Lipinski definition) is 6. The van der Waals surface area contributed by atoms with Gasteiger partial charge < -0.3 is 19.5 Å². The van der Waals surface area contributed by atoms with Gasteiger partial charge in [0.15, 0.2) is 0 Å². The average molecular weight is 541 g/mol. The highest BCUT2D eigenvalue weighted by Gasteiger charge is 2.47. The van der Waals surface area contributed by atoms with Crippen molar-refractivity contribution in [2.24, 2.45) is 0 Å². The van der Waals surface area contributed by atoms with Crippen LogP contribution < -0.4 is 19.3 Å². The number of ketones is 1. The number of hydrogen-bond donors (Lipinski definition) is 1. The highest BCUT2D eigenvalue weighted by Crippen LogP contribution is 2.45. The number of rotatable bonds is 7. The summed E-state index contributed by atoms with van der Waals surface area (Å²) < 4.78 is 11.1. The predicted octanol–water partition coefficient (Wildman–Crippen LogP) is 6.09. The monoisotopic (exact) mass is 540 g/mol. The highest BCUT2D eigenvalue weighted by molar-refractivity contribution is 6.52.